The van der Waals surface area contributed by atoms with Gasteiger partial charge in [0.05, 0.1) is 0 Å². The molecule has 0 unspecified atom stereocenters. The Hall–Kier alpha value is -0.920. The number of ketones is 2. The Labute approximate surface area is 127 Å². The average Bonchev–Trinajstić information content (AvgIpc) is 2.76. The molecule has 0 bridgehead atoms. The number of carbonyl (C=O) groups excluding carboxylic acids is 2. The van der Waals surface area contributed by atoms with E-state index >= 15 is 0 Å². The molecule has 0 aliphatic heterocycles. The van der Waals surface area contributed by atoms with Gasteiger partial charge in [0.2, 0.25) is 0 Å². The lowest BCUT2D eigenvalue weighted by Crippen LogP contribution is -2.52. The van der Waals surface area contributed by atoms with Crippen LogP contribution in [0.4, 0.5) is 0 Å². The fraction of sp³-hybridized carbons (Fsp3) is 0.789. The lowest BCUT2D eigenvalue weighted by molar-refractivity contribution is -0.139. The van der Waals surface area contributed by atoms with E-state index < -0.39 is 0 Å². The van der Waals surface area contributed by atoms with Crippen molar-refractivity contribution in [2.45, 2.75) is 65.2 Å². The number of hydrogen-bond acceptors (Lipinski definition) is 2. The highest BCUT2D eigenvalue weighted by atomic mass is 16.1. The zero-order valence-electron chi connectivity index (χ0n) is 13.3. The average molecular weight is 286 g/mol. The Morgan fingerprint density at radius 3 is 2.52 bits per heavy atom. The first-order valence-electron chi connectivity index (χ1n) is 8.75. The Morgan fingerprint density at radius 1 is 0.952 bits per heavy atom. The highest BCUT2D eigenvalue weighted by molar-refractivity contribution is 5.96. The van der Waals surface area contributed by atoms with E-state index in [9.17, 15) is 9.59 Å². The van der Waals surface area contributed by atoms with Gasteiger partial charge in [0, 0.05) is 17.8 Å². The second-order valence-corrected chi connectivity index (χ2v) is 8.35. The van der Waals surface area contributed by atoms with Crippen molar-refractivity contribution in [3.8, 4) is 0 Å². The van der Waals surface area contributed by atoms with Crippen molar-refractivity contribution in [2.24, 2.45) is 28.6 Å². The van der Waals surface area contributed by atoms with Crippen LogP contribution in [0.15, 0.2) is 11.6 Å². The van der Waals surface area contributed by atoms with E-state index in [1.807, 2.05) is 6.08 Å². The minimum absolute atomic E-state index is 0.127. The minimum atomic E-state index is -0.201. The van der Waals surface area contributed by atoms with E-state index in [1.54, 1.807) is 0 Å². The summed E-state index contributed by atoms with van der Waals surface area (Å²) >= 11 is 0. The fourth-order valence-corrected chi connectivity index (χ4v) is 6.21. The van der Waals surface area contributed by atoms with Gasteiger partial charge in [-0.2, -0.15) is 0 Å². The van der Waals surface area contributed by atoms with Gasteiger partial charge in [-0.05, 0) is 61.9 Å². The van der Waals surface area contributed by atoms with Crippen molar-refractivity contribution >= 4 is 11.6 Å². The van der Waals surface area contributed by atoms with Crippen LogP contribution in [-0.2, 0) is 9.59 Å². The molecule has 0 amide bonds. The summed E-state index contributed by atoms with van der Waals surface area (Å²) in [7, 11) is 0. The first kappa shape index (κ1) is 13.7. The molecule has 0 heterocycles. The van der Waals surface area contributed by atoms with Crippen LogP contribution in [0.3, 0.4) is 0 Å². The Morgan fingerprint density at radius 2 is 1.71 bits per heavy atom. The van der Waals surface area contributed by atoms with Gasteiger partial charge in [-0.1, -0.05) is 25.8 Å². The maximum Gasteiger partial charge on any atom is 0.159 e. The molecule has 0 N–H and O–H groups in total. The number of rotatable bonds is 0. The lowest BCUT2D eigenvalue weighted by Gasteiger charge is -2.55. The quantitative estimate of drug-likeness (QED) is 0.672. The predicted octanol–water partition coefficient (Wildman–Crippen LogP) is 4.09. The van der Waals surface area contributed by atoms with Gasteiger partial charge >= 0.3 is 0 Å². The van der Waals surface area contributed by atoms with Crippen LogP contribution < -0.4 is 0 Å². The van der Waals surface area contributed by atoms with Crippen LogP contribution in [0.2, 0.25) is 0 Å². The standard InChI is InChI=1S/C19H26O2/c1-18-9-4-3-5-12(18)11-15(20)17-13-6-7-16(21)19(13,2)10-8-14(17)18/h11,13-14,17H,3-10H2,1-2H3/t13-,14-,17-,18-,19-/m0/s1. The summed E-state index contributed by atoms with van der Waals surface area (Å²) in [6, 6.07) is 0. The summed E-state index contributed by atoms with van der Waals surface area (Å²) in [5, 5.41) is 0. The molecule has 0 aromatic rings. The maximum atomic E-state index is 12.8. The van der Waals surface area contributed by atoms with Crippen LogP contribution in [0.5, 0.6) is 0 Å². The van der Waals surface area contributed by atoms with E-state index in [0.29, 0.717) is 29.8 Å². The van der Waals surface area contributed by atoms with Crippen molar-refractivity contribution in [2.75, 3.05) is 0 Å². The van der Waals surface area contributed by atoms with Crippen LogP contribution in [0.25, 0.3) is 0 Å². The molecule has 0 saturated heterocycles. The summed E-state index contributed by atoms with van der Waals surface area (Å²) in [4.78, 5) is 25.2. The molecule has 5 atom stereocenters. The van der Waals surface area contributed by atoms with Crippen LogP contribution >= 0.6 is 0 Å². The van der Waals surface area contributed by atoms with Gasteiger partial charge < -0.3 is 0 Å². The smallest absolute Gasteiger partial charge is 0.159 e. The third kappa shape index (κ3) is 1.65. The zero-order valence-corrected chi connectivity index (χ0v) is 13.3. The highest BCUT2D eigenvalue weighted by Gasteiger charge is 2.60. The number of fused-ring (bicyclic) bond motifs is 5. The van der Waals surface area contributed by atoms with E-state index in [4.69, 9.17) is 0 Å². The van der Waals surface area contributed by atoms with Crippen molar-refractivity contribution in [1.82, 2.24) is 0 Å². The van der Waals surface area contributed by atoms with Crippen molar-refractivity contribution in [1.29, 1.82) is 0 Å². The van der Waals surface area contributed by atoms with Crippen molar-refractivity contribution in [3.05, 3.63) is 11.6 Å². The molecule has 2 heteroatoms. The van der Waals surface area contributed by atoms with Crippen molar-refractivity contribution < 1.29 is 9.59 Å². The second kappa shape index (κ2) is 4.30. The molecular weight excluding hydrogens is 260 g/mol. The van der Waals surface area contributed by atoms with Gasteiger partial charge in [-0.15, -0.1) is 0 Å². The molecule has 0 radical (unpaired) electrons. The molecule has 0 aromatic heterocycles. The van der Waals surface area contributed by atoms with Crippen LogP contribution in [0, 0.1) is 28.6 Å². The van der Waals surface area contributed by atoms with Gasteiger partial charge in [0.15, 0.2) is 5.78 Å². The first-order valence-corrected chi connectivity index (χ1v) is 8.75. The monoisotopic (exact) mass is 286 g/mol. The van der Waals surface area contributed by atoms with Crippen molar-refractivity contribution in [3.63, 3.8) is 0 Å². The summed E-state index contributed by atoms with van der Waals surface area (Å²) in [5.74, 6) is 1.70. The van der Waals surface area contributed by atoms with Gasteiger partial charge in [-0.3, -0.25) is 9.59 Å². The van der Waals surface area contributed by atoms with Crippen LogP contribution in [0.1, 0.15) is 65.2 Å². The second-order valence-electron chi connectivity index (χ2n) is 8.35. The third-order valence-corrected chi connectivity index (χ3v) is 7.57. The number of allylic oxidation sites excluding steroid dienone is 2. The molecule has 114 valence electrons. The number of carbonyl (C=O) groups is 2. The Kier molecular flexibility index (Phi) is 2.81. The zero-order chi connectivity index (χ0) is 14.8. The van der Waals surface area contributed by atoms with Crippen LogP contribution in [-0.4, -0.2) is 11.6 Å². The molecule has 0 spiro atoms. The summed E-state index contributed by atoms with van der Waals surface area (Å²) < 4.78 is 0. The predicted molar refractivity (Wildman–Crippen MR) is 81.7 cm³/mol. The fourth-order valence-electron chi connectivity index (χ4n) is 6.21. The lowest BCUT2D eigenvalue weighted by atomic mass is 9.48. The Balaban J connectivity index is 1.78. The minimum Gasteiger partial charge on any atom is -0.299 e. The molecule has 4 aliphatic rings. The highest BCUT2D eigenvalue weighted by Crippen LogP contribution is 2.63. The normalized spacial score (nSPS) is 49.2. The molecule has 4 aliphatic carbocycles. The molecule has 3 saturated carbocycles. The van der Waals surface area contributed by atoms with E-state index in [1.165, 1.54) is 24.8 Å². The topological polar surface area (TPSA) is 34.1 Å². The van der Waals surface area contributed by atoms with E-state index in [2.05, 4.69) is 13.8 Å². The number of Topliss-reactive ketones (excluding diaryl/α,β-unsaturated/α-hetero) is 1. The van der Waals surface area contributed by atoms with Gasteiger partial charge in [0.1, 0.15) is 5.78 Å². The molecular formula is C19H26O2. The molecule has 2 nitrogen and oxygen atoms in total. The summed E-state index contributed by atoms with van der Waals surface area (Å²) in [5.41, 5.74) is 1.46. The molecule has 0 aromatic carbocycles. The SMILES string of the molecule is C[C@]12CCCCC1=CC(=O)[C@@H]1[C@@H]2CC[C@]2(C)C(=O)CC[C@@H]12. The maximum absolute atomic E-state index is 12.8. The first-order chi connectivity index (χ1) is 9.97. The molecule has 4 rings (SSSR count). The van der Waals surface area contributed by atoms with E-state index in [0.717, 1.165) is 25.7 Å². The Bertz CT molecular complexity index is 546. The summed E-state index contributed by atoms with van der Waals surface area (Å²) in [6.07, 6.45) is 10.6. The van der Waals surface area contributed by atoms with E-state index in [-0.39, 0.29) is 16.7 Å². The largest absolute Gasteiger partial charge is 0.299 e. The number of hydrogen-bond donors (Lipinski definition) is 0. The van der Waals surface area contributed by atoms with Gasteiger partial charge in [0.25, 0.3) is 0 Å². The van der Waals surface area contributed by atoms with Gasteiger partial charge in [-0.25, -0.2) is 0 Å². The third-order valence-electron chi connectivity index (χ3n) is 7.57. The molecule has 3 fully saturated rings. The molecule has 21 heavy (non-hydrogen) atoms. The summed E-state index contributed by atoms with van der Waals surface area (Å²) in [6.45, 7) is 4.54.